The summed E-state index contributed by atoms with van der Waals surface area (Å²) in [6.07, 6.45) is 2.17. The molecule has 0 bridgehead atoms. The Hall–Kier alpha value is -3.30. The van der Waals surface area contributed by atoms with Crippen LogP contribution in [0.3, 0.4) is 0 Å². The van der Waals surface area contributed by atoms with Crippen molar-refractivity contribution in [1.29, 1.82) is 0 Å². The van der Waals surface area contributed by atoms with Crippen LogP contribution in [0.25, 0.3) is 22.4 Å². The summed E-state index contributed by atoms with van der Waals surface area (Å²) in [7, 11) is 1.65. The zero-order valence-corrected chi connectivity index (χ0v) is 20.5. The Balaban J connectivity index is 1.47. The lowest BCUT2D eigenvalue weighted by Gasteiger charge is -2.15. The maximum absolute atomic E-state index is 12.6. The van der Waals surface area contributed by atoms with E-state index >= 15 is 0 Å². The van der Waals surface area contributed by atoms with E-state index in [1.807, 2.05) is 48.5 Å². The molecule has 4 aromatic rings. The first-order chi connectivity index (χ1) is 17.2. The number of carbonyl (C=O) groups is 1. The number of aromatic nitrogens is 3. The third-order valence-corrected chi connectivity index (χ3v) is 6.97. The number of thioether (sulfide) groups is 1. The first-order valence-electron chi connectivity index (χ1n) is 11.7. The van der Waals surface area contributed by atoms with E-state index in [4.69, 9.17) is 18.6 Å². The normalized spacial score (nSPS) is 15.5. The highest BCUT2D eigenvalue weighted by Crippen LogP contribution is 2.34. The number of nitrogens with zero attached hydrogens (tertiary/aromatic N) is 3. The maximum Gasteiger partial charge on any atom is 0.374 e. The second-order valence-electron chi connectivity index (χ2n) is 8.20. The molecule has 2 aromatic carbocycles. The van der Waals surface area contributed by atoms with Gasteiger partial charge in [0.15, 0.2) is 11.0 Å². The number of ether oxygens (including phenoxy) is 3. The zero-order valence-electron chi connectivity index (χ0n) is 19.7. The average Bonchev–Trinajstić information content (AvgIpc) is 3.62. The monoisotopic (exact) mass is 493 g/mol. The number of hydrogen-bond donors (Lipinski definition) is 0. The van der Waals surface area contributed by atoms with Gasteiger partial charge in [-0.1, -0.05) is 30.0 Å². The summed E-state index contributed by atoms with van der Waals surface area (Å²) < 4.78 is 24.4. The van der Waals surface area contributed by atoms with Crippen LogP contribution in [0.2, 0.25) is 0 Å². The van der Waals surface area contributed by atoms with Gasteiger partial charge in [0.05, 0.1) is 26.4 Å². The molecule has 0 amide bonds. The number of rotatable bonds is 9. The highest BCUT2D eigenvalue weighted by molar-refractivity contribution is 7.98. The minimum Gasteiger partial charge on any atom is -0.497 e. The van der Waals surface area contributed by atoms with E-state index in [0.717, 1.165) is 52.7 Å². The largest absolute Gasteiger partial charge is 0.497 e. The second kappa shape index (κ2) is 10.5. The third-order valence-electron chi connectivity index (χ3n) is 5.98. The molecule has 1 unspecified atom stereocenters. The summed E-state index contributed by atoms with van der Waals surface area (Å²) in [5.74, 6) is 1.82. The van der Waals surface area contributed by atoms with E-state index in [2.05, 4.69) is 14.8 Å². The molecule has 182 valence electrons. The average molecular weight is 494 g/mol. The fourth-order valence-corrected chi connectivity index (χ4v) is 5.22. The molecule has 5 rings (SSSR count). The van der Waals surface area contributed by atoms with Gasteiger partial charge in [0, 0.05) is 28.9 Å². The molecule has 0 saturated carbocycles. The number of fused-ring (bicyclic) bond motifs is 1. The lowest BCUT2D eigenvalue weighted by Crippen LogP contribution is -2.16. The minimum absolute atomic E-state index is 0.118. The topological polar surface area (TPSA) is 88.6 Å². The molecular formula is C26H27N3O5S. The highest BCUT2D eigenvalue weighted by atomic mass is 32.2. The van der Waals surface area contributed by atoms with Crippen LogP contribution in [0.15, 0.2) is 58.1 Å². The fourth-order valence-electron chi connectivity index (χ4n) is 4.25. The van der Waals surface area contributed by atoms with Crippen LogP contribution in [-0.2, 0) is 21.8 Å². The van der Waals surface area contributed by atoms with Crippen LogP contribution in [0.1, 0.15) is 35.9 Å². The van der Waals surface area contributed by atoms with Crippen molar-refractivity contribution in [3.8, 4) is 17.1 Å². The molecule has 0 N–H and O–H groups in total. The van der Waals surface area contributed by atoms with Crippen molar-refractivity contribution in [1.82, 2.24) is 14.8 Å². The summed E-state index contributed by atoms with van der Waals surface area (Å²) in [5.41, 5.74) is 2.40. The van der Waals surface area contributed by atoms with Crippen LogP contribution in [0, 0.1) is 0 Å². The van der Waals surface area contributed by atoms with Crippen molar-refractivity contribution in [2.45, 2.75) is 43.3 Å². The van der Waals surface area contributed by atoms with Crippen LogP contribution in [0.4, 0.5) is 0 Å². The quantitative estimate of drug-likeness (QED) is 0.228. The van der Waals surface area contributed by atoms with Crippen molar-refractivity contribution in [2.24, 2.45) is 0 Å². The van der Waals surface area contributed by atoms with Gasteiger partial charge in [0.25, 0.3) is 0 Å². The predicted octanol–water partition coefficient (Wildman–Crippen LogP) is 5.35. The lowest BCUT2D eigenvalue weighted by atomic mass is 10.1. The van der Waals surface area contributed by atoms with Crippen LogP contribution in [-0.4, -0.2) is 47.2 Å². The summed E-state index contributed by atoms with van der Waals surface area (Å²) in [6, 6.07) is 15.4. The van der Waals surface area contributed by atoms with Gasteiger partial charge in [-0.05, 0) is 50.1 Å². The molecule has 0 radical (unpaired) electrons. The van der Waals surface area contributed by atoms with Crippen molar-refractivity contribution >= 4 is 28.7 Å². The number of methoxy groups -OCH3 is 1. The Morgan fingerprint density at radius 3 is 2.74 bits per heavy atom. The molecule has 3 heterocycles. The Kier molecular flexibility index (Phi) is 7.06. The van der Waals surface area contributed by atoms with Crippen molar-refractivity contribution in [3.05, 3.63) is 59.9 Å². The van der Waals surface area contributed by atoms with Gasteiger partial charge < -0.3 is 18.6 Å². The van der Waals surface area contributed by atoms with E-state index in [9.17, 15) is 4.79 Å². The van der Waals surface area contributed by atoms with E-state index in [1.54, 1.807) is 14.0 Å². The summed E-state index contributed by atoms with van der Waals surface area (Å²) >= 11 is 1.52. The van der Waals surface area contributed by atoms with E-state index < -0.39 is 5.97 Å². The lowest BCUT2D eigenvalue weighted by molar-refractivity contribution is 0.0491. The Morgan fingerprint density at radius 1 is 1.17 bits per heavy atom. The standard InChI is InChI=1S/C26H27N3O5S/c1-3-32-25(30)23-21(20-8-4-5-9-22(20)34-23)16-35-26-28-27-24(17-10-12-18(31-2)13-11-17)29(26)15-19-7-6-14-33-19/h4-5,8-13,19H,3,6-7,14-16H2,1-2H3. The molecule has 0 spiro atoms. The van der Waals surface area contributed by atoms with Gasteiger partial charge in [0.2, 0.25) is 5.76 Å². The smallest absolute Gasteiger partial charge is 0.374 e. The number of carbonyl (C=O) groups excluding carboxylic acids is 1. The molecule has 8 nitrogen and oxygen atoms in total. The minimum atomic E-state index is -0.459. The number of benzene rings is 2. The van der Waals surface area contributed by atoms with Gasteiger partial charge in [-0.3, -0.25) is 4.57 Å². The molecule has 0 aliphatic carbocycles. The van der Waals surface area contributed by atoms with Crippen LogP contribution in [0.5, 0.6) is 5.75 Å². The molecule has 1 saturated heterocycles. The fraction of sp³-hybridized carbons (Fsp3) is 0.346. The van der Waals surface area contributed by atoms with E-state index in [1.165, 1.54) is 11.8 Å². The maximum atomic E-state index is 12.6. The van der Waals surface area contributed by atoms with Crippen molar-refractivity contribution < 1.29 is 23.4 Å². The number of hydrogen-bond acceptors (Lipinski definition) is 8. The Bertz CT molecular complexity index is 1310. The molecule has 1 fully saturated rings. The molecule has 1 aliphatic rings. The predicted molar refractivity (Wildman–Crippen MR) is 133 cm³/mol. The Labute approximate surface area is 207 Å². The van der Waals surface area contributed by atoms with Gasteiger partial charge >= 0.3 is 5.97 Å². The van der Waals surface area contributed by atoms with Gasteiger partial charge in [-0.2, -0.15) is 0 Å². The molecule has 9 heteroatoms. The molecule has 2 aromatic heterocycles. The number of esters is 1. The van der Waals surface area contributed by atoms with Gasteiger partial charge in [-0.25, -0.2) is 4.79 Å². The summed E-state index contributed by atoms with van der Waals surface area (Å²) in [6.45, 7) is 3.50. The van der Waals surface area contributed by atoms with Gasteiger partial charge in [0.1, 0.15) is 11.3 Å². The van der Waals surface area contributed by atoms with Crippen molar-refractivity contribution in [3.63, 3.8) is 0 Å². The molecule has 35 heavy (non-hydrogen) atoms. The first-order valence-corrected chi connectivity index (χ1v) is 12.7. The summed E-state index contributed by atoms with van der Waals surface area (Å²) in [4.78, 5) is 12.6. The van der Waals surface area contributed by atoms with E-state index in [-0.39, 0.29) is 18.5 Å². The van der Waals surface area contributed by atoms with E-state index in [0.29, 0.717) is 17.9 Å². The molecule has 1 atom stereocenters. The Morgan fingerprint density at radius 2 is 2.00 bits per heavy atom. The van der Waals surface area contributed by atoms with Crippen LogP contribution < -0.4 is 4.74 Å². The molecular weight excluding hydrogens is 466 g/mol. The highest BCUT2D eigenvalue weighted by Gasteiger charge is 2.25. The summed E-state index contributed by atoms with van der Waals surface area (Å²) in [5, 5.41) is 10.7. The third kappa shape index (κ3) is 4.92. The SMILES string of the molecule is CCOC(=O)c1oc2ccccc2c1CSc1nnc(-c2ccc(OC)cc2)n1CC1CCCO1. The van der Waals surface area contributed by atoms with Crippen LogP contribution >= 0.6 is 11.8 Å². The first kappa shape index (κ1) is 23.4. The molecule has 1 aliphatic heterocycles. The number of furan rings is 1. The second-order valence-corrected chi connectivity index (χ2v) is 9.14. The van der Waals surface area contributed by atoms with Crippen molar-refractivity contribution in [2.75, 3.05) is 20.3 Å². The van der Waals surface area contributed by atoms with Gasteiger partial charge in [-0.15, -0.1) is 10.2 Å². The number of para-hydroxylation sites is 1. The zero-order chi connectivity index (χ0) is 24.2.